The summed E-state index contributed by atoms with van der Waals surface area (Å²) in [4.78, 5) is 37.6. The van der Waals surface area contributed by atoms with Gasteiger partial charge in [0.1, 0.15) is 5.41 Å². The molecule has 200 valence electrons. The van der Waals surface area contributed by atoms with Crippen LogP contribution in [0.15, 0.2) is 0 Å². The fourth-order valence-electron chi connectivity index (χ4n) is 4.94. The smallest absolute Gasteiger partial charge is 0.337 e. The summed E-state index contributed by atoms with van der Waals surface area (Å²) in [6.45, 7) is 12.3. The average molecular weight is 487 g/mol. The topological polar surface area (TPSA) is 132 Å². The van der Waals surface area contributed by atoms with Gasteiger partial charge in [-0.05, 0) is 37.0 Å². The number of carboxylic acid groups (broad SMARTS) is 3. The number of rotatable bonds is 20. The number of hydrogen-bond donors (Lipinski definition) is 4. The van der Waals surface area contributed by atoms with E-state index in [1.165, 1.54) is 0 Å². The van der Waals surface area contributed by atoms with Gasteiger partial charge < -0.3 is 20.4 Å². The van der Waals surface area contributed by atoms with Gasteiger partial charge in [0.2, 0.25) is 0 Å². The van der Waals surface area contributed by atoms with Crippen LogP contribution < -0.4 is 0 Å². The number of hydrogen-bond acceptors (Lipinski definition) is 4. The maximum absolute atomic E-state index is 12.8. The van der Waals surface area contributed by atoms with E-state index in [9.17, 15) is 34.8 Å². The van der Waals surface area contributed by atoms with Gasteiger partial charge in [0, 0.05) is 0 Å². The van der Waals surface area contributed by atoms with Crippen molar-refractivity contribution < 1.29 is 34.8 Å². The monoisotopic (exact) mass is 486 g/mol. The first-order valence-electron chi connectivity index (χ1n) is 13.1. The highest BCUT2D eigenvalue weighted by Crippen LogP contribution is 2.48. The molecule has 7 nitrogen and oxygen atoms in total. The van der Waals surface area contributed by atoms with E-state index in [2.05, 4.69) is 27.7 Å². The largest absolute Gasteiger partial charge is 0.481 e. The SMILES string of the molecule is CC(C)CCCCC(C(=O)O)C(O)(C(=O)O)C(CCCCC(C)C)(CCCCC(C)C)C(=O)O. The Morgan fingerprint density at radius 3 is 1.24 bits per heavy atom. The molecule has 0 aliphatic rings. The molecule has 0 saturated heterocycles. The number of carbonyl (C=O) groups is 3. The summed E-state index contributed by atoms with van der Waals surface area (Å²) in [5.74, 6) is -5.07. The summed E-state index contributed by atoms with van der Waals surface area (Å²) in [5, 5.41) is 42.2. The molecule has 0 heterocycles. The molecule has 0 aromatic rings. The minimum absolute atomic E-state index is 0.0602. The van der Waals surface area contributed by atoms with Gasteiger partial charge in [-0.3, -0.25) is 9.59 Å². The molecule has 4 N–H and O–H groups in total. The normalized spacial score (nSPS) is 15.0. The molecule has 2 unspecified atom stereocenters. The Morgan fingerprint density at radius 2 is 0.941 bits per heavy atom. The fourth-order valence-corrected chi connectivity index (χ4v) is 4.94. The maximum atomic E-state index is 12.8. The molecule has 0 aromatic carbocycles. The van der Waals surface area contributed by atoms with E-state index in [1.807, 2.05) is 13.8 Å². The highest BCUT2D eigenvalue weighted by atomic mass is 16.4. The van der Waals surface area contributed by atoms with Crippen LogP contribution in [0.5, 0.6) is 0 Å². The third-order valence-electron chi connectivity index (χ3n) is 7.06. The van der Waals surface area contributed by atoms with Crippen LogP contribution in [-0.2, 0) is 14.4 Å². The summed E-state index contributed by atoms with van der Waals surface area (Å²) in [7, 11) is 0. The minimum atomic E-state index is -2.89. The lowest BCUT2D eigenvalue weighted by atomic mass is 9.59. The lowest BCUT2D eigenvalue weighted by molar-refractivity contribution is -0.207. The van der Waals surface area contributed by atoms with E-state index < -0.39 is 34.8 Å². The minimum Gasteiger partial charge on any atom is -0.481 e. The first-order chi connectivity index (χ1) is 15.7. The van der Waals surface area contributed by atoms with Crippen molar-refractivity contribution in [2.75, 3.05) is 0 Å². The van der Waals surface area contributed by atoms with Crippen LogP contribution in [0.4, 0.5) is 0 Å². The van der Waals surface area contributed by atoms with Crippen LogP contribution >= 0.6 is 0 Å². The van der Waals surface area contributed by atoms with Crippen LogP contribution in [0.25, 0.3) is 0 Å². The highest BCUT2D eigenvalue weighted by Gasteiger charge is 2.65. The molecule has 0 aliphatic carbocycles. The van der Waals surface area contributed by atoms with Crippen molar-refractivity contribution in [1.29, 1.82) is 0 Å². The Morgan fingerprint density at radius 1 is 0.588 bits per heavy atom. The molecular formula is C27H50O7. The van der Waals surface area contributed by atoms with Crippen LogP contribution in [-0.4, -0.2) is 43.9 Å². The Kier molecular flexibility index (Phi) is 14.6. The summed E-state index contributed by atoms with van der Waals surface area (Å²) >= 11 is 0. The van der Waals surface area contributed by atoms with Crippen LogP contribution in [0.3, 0.4) is 0 Å². The zero-order valence-corrected chi connectivity index (χ0v) is 22.3. The van der Waals surface area contributed by atoms with Gasteiger partial charge in [-0.25, -0.2) is 4.79 Å². The predicted octanol–water partition coefficient (Wildman–Crippen LogP) is 6.22. The first kappa shape index (κ1) is 32.4. The number of carboxylic acids is 3. The zero-order chi connectivity index (χ0) is 26.5. The van der Waals surface area contributed by atoms with E-state index in [1.54, 1.807) is 0 Å². The van der Waals surface area contributed by atoms with Gasteiger partial charge in [-0.1, -0.05) is 99.3 Å². The number of unbranched alkanes of at least 4 members (excludes halogenated alkanes) is 3. The van der Waals surface area contributed by atoms with Gasteiger partial charge in [0.25, 0.3) is 0 Å². The summed E-state index contributed by atoms with van der Waals surface area (Å²) in [5.41, 5.74) is -4.95. The van der Waals surface area contributed by atoms with Crippen molar-refractivity contribution in [3.05, 3.63) is 0 Å². The zero-order valence-electron chi connectivity index (χ0n) is 22.3. The Labute approximate surface area is 206 Å². The molecule has 7 heteroatoms. The molecule has 0 amide bonds. The molecule has 0 radical (unpaired) electrons. The Hall–Kier alpha value is -1.63. The number of aliphatic carboxylic acids is 3. The number of aliphatic hydroxyl groups is 1. The third-order valence-corrected chi connectivity index (χ3v) is 7.06. The summed E-state index contributed by atoms with van der Waals surface area (Å²) in [6, 6.07) is 0. The fraction of sp³-hybridized carbons (Fsp3) is 0.889. The van der Waals surface area contributed by atoms with Gasteiger partial charge in [0.15, 0.2) is 5.60 Å². The molecule has 0 saturated carbocycles. The molecule has 2 atom stereocenters. The lowest BCUT2D eigenvalue weighted by Gasteiger charge is -2.45. The molecule has 34 heavy (non-hydrogen) atoms. The average Bonchev–Trinajstić information content (AvgIpc) is 2.70. The standard InChI is InChI=1S/C27H50O7/c1-19(2)13-7-8-16-22(23(28)29)27(34,25(32)33)26(24(30)31,17-11-9-14-20(3)4)18-12-10-15-21(5)6/h19-22,34H,7-18H2,1-6H3,(H,28,29)(H,30,31)(H,32,33). The van der Waals surface area contributed by atoms with Gasteiger partial charge in [-0.15, -0.1) is 0 Å². The molecule has 0 bridgehead atoms. The van der Waals surface area contributed by atoms with Crippen molar-refractivity contribution in [2.24, 2.45) is 29.1 Å². The molecule has 0 spiro atoms. The van der Waals surface area contributed by atoms with E-state index in [0.29, 0.717) is 56.3 Å². The quantitative estimate of drug-likeness (QED) is 0.150. The molecular weight excluding hydrogens is 436 g/mol. The first-order valence-corrected chi connectivity index (χ1v) is 13.1. The third kappa shape index (κ3) is 9.55. The lowest BCUT2D eigenvalue weighted by Crippen LogP contribution is -2.64. The van der Waals surface area contributed by atoms with Crippen molar-refractivity contribution >= 4 is 17.9 Å². The van der Waals surface area contributed by atoms with Crippen molar-refractivity contribution in [3.8, 4) is 0 Å². The van der Waals surface area contributed by atoms with Crippen molar-refractivity contribution in [3.63, 3.8) is 0 Å². The van der Waals surface area contributed by atoms with Crippen LogP contribution in [0.2, 0.25) is 0 Å². The van der Waals surface area contributed by atoms with E-state index in [0.717, 1.165) is 19.3 Å². The second-order valence-corrected chi connectivity index (χ2v) is 11.3. The summed E-state index contributed by atoms with van der Waals surface area (Å²) in [6.07, 6.45) is 5.71. The van der Waals surface area contributed by atoms with Crippen molar-refractivity contribution in [2.45, 2.75) is 124 Å². The van der Waals surface area contributed by atoms with E-state index in [-0.39, 0.29) is 19.3 Å². The Balaban J connectivity index is 6.21. The molecule has 0 aliphatic heterocycles. The van der Waals surface area contributed by atoms with E-state index >= 15 is 0 Å². The second kappa shape index (κ2) is 15.4. The van der Waals surface area contributed by atoms with Gasteiger partial charge in [-0.2, -0.15) is 0 Å². The molecule has 0 rings (SSSR count). The summed E-state index contributed by atoms with van der Waals surface area (Å²) < 4.78 is 0. The second-order valence-electron chi connectivity index (χ2n) is 11.3. The van der Waals surface area contributed by atoms with Crippen LogP contribution in [0, 0.1) is 29.1 Å². The molecule has 0 fully saturated rings. The highest BCUT2D eigenvalue weighted by molar-refractivity contribution is 5.93. The Bertz CT molecular complexity index is 610. The van der Waals surface area contributed by atoms with Crippen LogP contribution in [0.1, 0.15) is 119 Å². The van der Waals surface area contributed by atoms with Gasteiger partial charge >= 0.3 is 17.9 Å². The molecule has 0 aromatic heterocycles. The van der Waals surface area contributed by atoms with Crippen molar-refractivity contribution in [1.82, 2.24) is 0 Å². The predicted molar refractivity (Wildman–Crippen MR) is 134 cm³/mol. The van der Waals surface area contributed by atoms with Gasteiger partial charge in [0.05, 0.1) is 5.92 Å². The van der Waals surface area contributed by atoms with E-state index in [4.69, 9.17) is 0 Å². The maximum Gasteiger partial charge on any atom is 0.337 e.